The average Bonchev–Trinajstić information content (AvgIpc) is 3.14. The van der Waals surface area contributed by atoms with Crippen LogP contribution in [0, 0.1) is 0 Å². The van der Waals surface area contributed by atoms with Crippen LogP contribution in [0.4, 0.5) is 11.4 Å². The molecular weight excluding hydrogens is 404 g/mol. The standard InChI is InChI=1S/C30H40N2O/c1-19(2)24-12-10-13-25(20(3)4)29(24)31-16-17-32(28(31)18-23(9)33)30-26(21(5)6)14-11-15-27(30)22(7)8/h10-22H,1-9H3. The lowest BCUT2D eigenvalue weighted by Gasteiger charge is -2.33. The van der Waals surface area contributed by atoms with Crippen molar-refractivity contribution in [3.8, 4) is 0 Å². The van der Waals surface area contributed by atoms with Gasteiger partial charge >= 0.3 is 0 Å². The van der Waals surface area contributed by atoms with E-state index in [2.05, 4.69) is 114 Å². The Hall–Kier alpha value is -2.81. The zero-order valence-corrected chi connectivity index (χ0v) is 21.8. The highest BCUT2D eigenvalue weighted by Gasteiger charge is 2.31. The normalized spacial score (nSPS) is 13.9. The van der Waals surface area contributed by atoms with Crippen molar-refractivity contribution in [2.24, 2.45) is 0 Å². The summed E-state index contributed by atoms with van der Waals surface area (Å²) in [4.78, 5) is 16.9. The molecule has 1 aliphatic rings. The fourth-order valence-electron chi connectivity index (χ4n) is 4.68. The topological polar surface area (TPSA) is 23.6 Å². The number of para-hydroxylation sites is 2. The van der Waals surface area contributed by atoms with Gasteiger partial charge in [0.15, 0.2) is 5.78 Å². The maximum Gasteiger partial charge on any atom is 0.156 e. The van der Waals surface area contributed by atoms with Crippen molar-refractivity contribution in [1.82, 2.24) is 0 Å². The molecule has 176 valence electrons. The lowest BCUT2D eigenvalue weighted by molar-refractivity contribution is -0.112. The average molecular weight is 445 g/mol. The summed E-state index contributed by atoms with van der Waals surface area (Å²) >= 11 is 0. The minimum Gasteiger partial charge on any atom is -0.301 e. The smallest absolute Gasteiger partial charge is 0.156 e. The fourth-order valence-corrected chi connectivity index (χ4v) is 4.68. The van der Waals surface area contributed by atoms with Crippen molar-refractivity contribution in [3.63, 3.8) is 0 Å². The van der Waals surface area contributed by atoms with E-state index in [1.807, 2.05) is 0 Å². The number of rotatable bonds is 7. The predicted octanol–water partition coefficient (Wildman–Crippen LogP) is 8.41. The Morgan fingerprint density at radius 1 is 0.636 bits per heavy atom. The maximum absolute atomic E-state index is 12.5. The summed E-state index contributed by atoms with van der Waals surface area (Å²) in [7, 11) is 0. The first kappa shape index (κ1) is 24.8. The molecule has 0 N–H and O–H groups in total. The lowest BCUT2D eigenvalue weighted by atomic mass is 9.91. The largest absolute Gasteiger partial charge is 0.301 e. The van der Waals surface area contributed by atoms with Crippen LogP contribution in [0.5, 0.6) is 0 Å². The number of carbonyl (C=O) groups excluding carboxylic acids is 1. The Morgan fingerprint density at radius 2 is 0.939 bits per heavy atom. The summed E-state index contributed by atoms with van der Waals surface area (Å²) in [5, 5.41) is 0. The second-order valence-corrected chi connectivity index (χ2v) is 10.3. The summed E-state index contributed by atoms with van der Waals surface area (Å²) in [6.45, 7) is 19.5. The van der Waals surface area contributed by atoms with Crippen LogP contribution >= 0.6 is 0 Å². The molecule has 1 heterocycles. The molecule has 0 spiro atoms. The Morgan fingerprint density at radius 3 is 1.18 bits per heavy atom. The molecule has 2 aromatic rings. The van der Waals surface area contributed by atoms with E-state index in [-0.39, 0.29) is 5.78 Å². The van der Waals surface area contributed by atoms with Gasteiger partial charge in [0.05, 0.1) is 11.4 Å². The van der Waals surface area contributed by atoms with Gasteiger partial charge in [0, 0.05) is 18.5 Å². The molecule has 0 fully saturated rings. The molecule has 1 aliphatic heterocycles. The summed E-state index contributed by atoms with van der Waals surface area (Å²) in [6.07, 6.45) is 6.04. The number of benzene rings is 2. The van der Waals surface area contributed by atoms with Gasteiger partial charge in [-0.15, -0.1) is 0 Å². The third kappa shape index (κ3) is 4.93. The number of anilines is 2. The minimum absolute atomic E-state index is 0.0463. The van der Waals surface area contributed by atoms with Crippen LogP contribution in [0.1, 0.15) is 108 Å². The van der Waals surface area contributed by atoms with Gasteiger partial charge in [-0.05, 0) is 52.8 Å². The Bertz CT molecular complexity index is 945. The lowest BCUT2D eigenvalue weighted by Crippen LogP contribution is -2.27. The van der Waals surface area contributed by atoms with Crippen molar-refractivity contribution in [2.75, 3.05) is 9.80 Å². The van der Waals surface area contributed by atoms with Crippen LogP contribution < -0.4 is 9.80 Å². The van der Waals surface area contributed by atoms with Crippen molar-refractivity contribution < 1.29 is 4.79 Å². The zero-order chi connectivity index (χ0) is 24.4. The summed E-state index contributed by atoms with van der Waals surface area (Å²) in [5.74, 6) is 2.42. The molecule has 3 nitrogen and oxygen atoms in total. The quantitative estimate of drug-likeness (QED) is 0.400. The molecule has 0 radical (unpaired) electrons. The van der Waals surface area contributed by atoms with E-state index in [9.17, 15) is 4.79 Å². The van der Waals surface area contributed by atoms with Crippen LogP contribution in [0.3, 0.4) is 0 Å². The molecule has 0 aromatic heterocycles. The number of carbonyl (C=O) groups is 1. The molecule has 3 rings (SSSR count). The van der Waals surface area contributed by atoms with E-state index in [4.69, 9.17) is 0 Å². The molecule has 2 aromatic carbocycles. The highest BCUT2D eigenvalue weighted by Crippen LogP contribution is 2.44. The number of hydrogen-bond acceptors (Lipinski definition) is 3. The monoisotopic (exact) mass is 444 g/mol. The van der Waals surface area contributed by atoms with Crippen LogP contribution in [0.2, 0.25) is 0 Å². The van der Waals surface area contributed by atoms with E-state index in [1.54, 1.807) is 13.0 Å². The Labute approximate surface area is 200 Å². The summed E-state index contributed by atoms with van der Waals surface area (Å²) < 4.78 is 0. The zero-order valence-electron chi connectivity index (χ0n) is 21.8. The van der Waals surface area contributed by atoms with Crippen LogP contribution in [0.15, 0.2) is 60.7 Å². The Kier molecular flexibility index (Phi) is 7.51. The highest BCUT2D eigenvalue weighted by molar-refractivity contribution is 5.91. The van der Waals surface area contributed by atoms with Gasteiger partial charge in [-0.3, -0.25) is 4.79 Å². The second-order valence-electron chi connectivity index (χ2n) is 10.3. The maximum atomic E-state index is 12.5. The highest BCUT2D eigenvalue weighted by atomic mass is 16.1. The molecule has 3 heteroatoms. The van der Waals surface area contributed by atoms with Gasteiger partial charge in [0.25, 0.3) is 0 Å². The number of hydrogen-bond donors (Lipinski definition) is 0. The number of ketones is 1. The van der Waals surface area contributed by atoms with E-state index >= 15 is 0 Å². The van der Waals surface area contributed by atoms with Crippen molar-refractivity contribution >= 4 is 17.2 Å². The second kappa shape index (κ2) is 9.99. The third-order valence-corrected chi connectivity index (χ3v) is 6.36. The van der Waals surface area contributed by atoms with E-state index in [1.165, 1.54) is 33.6 Å². The van der Waals surface area contributed by atoms with E-state index < -0.39 is 0 Å². The molecule has 0 bridgehead atoms. The van der Waals surface area contributed by atoms with Gasteiger partial charge < -0.3 is 9.80 Å². The molecule has 0 amide bonds. The van der Waals surface area contributed by atoms with Crippen LogP contribution in [0.25, 0.3) is 0 Å². The van der Waals surface area contributed by atoms with Gasteiger partial charge in [-0.2, -0.15) is 0 Å². The van der Waals surface area contributed by atoms with Crippen molar-refractivity contribution in [2.45, 2.75) is 86.0 Å². The molecule has 0 unspecified atom stereocenters. The first-order chi connectivity index (χ1) is 15.5. The fraction of sp³-hybridized carbons (Fsp3) is 0.433. The molecule has 0 aliphatic carbocycles. The SMILES string of the molecule is CC(=O)C=C1N(c2c(C(C)C)cccc2C(C)C)C=CN1c1c(C(C)C)cccc1C(C)C. The molecule has 33 heavy (non-hydrogen) atoms. The molecule has 0 saturated heterocycles. The van der Waals surface area contributed by atoms with Crippen LogP contribution in [-0.2, 0) is 4.79 Å². The van der Waals surface area contributed by atoms with Crippen LogP contribution in [-0.4, -0.2) is 5.78 Å². The predicted molar refractivity (Wildman–Crippen MR) is 142 cm³/mol. The first-order valence-electron chi connectivity index (χ1n) is 12.3. The summed E-state index contributed by atoms with van der Waals surface area (Å²) in [5.41, 5.74) is 7.57. The molecular formula is C30H40N2O. The first-order valence-corrected chi connectivity index (χ1v) is 12.3. The van der Waals surface area contributed by atoms with Crippen molar-refractivity contribution in [3.05, 3.63) is 82.9 Å². The van der Waals surface area contributed by atoms with Gasteiger partial charge in [-0.1, -0.05) is 91.8 Å². The van der Waals surface area contributed by atoms with Gasteiger partial charge in [0.1, 0.15) is 5.82 Å². The number of nitrogens with zero attached hydrogens (tertiary/aromatic N) is 2. The van der Waals surface area contributed by atoms with Gasteiger partial charge in [0.2, 0.25) is 0 Å². The number of allylic oxidation sites excluding steroid dienone is 1. The molecule has 0 atom stereocenters. The summed E-state index contributed by atoms with van der Waals surface area (Å²) in [6, 6.07) is 13.2. The van der Waals surface area contributed by atoms with Crippen molar-refractivity contribution in [1.29, 1.82) is 0 Å². The Balaban J connectivity index is 2.28. The molecule has 0 saturated carbocycles. The third-order valence-electron chi connectivity index (χ3n) is 6.36. The van der Waals surface area contributed by atoms with Gasteiger partial charge in [-0.25, -0.2) is 0 Å². The van der Waals surface area contributed by atoms with E-state index in [0.29, 0.717) is 23.7 Å². The van der Waals surface area contributed by atoms with E-state index in [0.717, 1.165) is 5.82 Å². The minimum atomic E-state index is 0.0463.